The van der Waals surface area contributed by atoms with Gasteiger partial charge >= 0.3 is 0 Å². The topological polar surface area (TPSA) is 41.6 Å². The van der Waals surface area contributed by atoms with Gasteiger partial charge in [-0.2, -0.15) is 0 Å². The first-order chi connectivity index (χ1) is 6.70. The highest BCUT2D eigenvalue weighted by molar-refractivity contribution is 5.72. The number of nitrogens with one attached hydrogen (secondary N) is 1. The molecule has 0 atom stereocenters. The summed E-state index contributed by atoms with van der Waals surface area (Å²) >= 11 is 0. The molecule has 14 heavy (non-hydrogen) atoms. The Morgan fingerprint density at radius 1 is 1.29 bits per heavy atom. The number of carbonyl (C=O) groups is 1. The SMILES string of the molecule is CCN(CC)CCOCCNC(C)=O. The smallest absolute Gasteiger partial charge is 0.216 e. The van der Waals surface area contributed by atoms with Crippen molar-refractivity contribution in [3.63, 3.8) is 0 Å². The number of amides is 1. The third-order valence-corrected chi connectivity index (χ3v) is 2.07. The number of hydrogen-bond acceptors (Lipinski definition) is 3. The van der Waals surface area contributed by atoms with Crippen LogP contribution in [0, 0.1) is 0 Å². The highest BCUT2D eigenvalue weighted by Gasteiger charge is 1.97. The van der Waals surface area contributed by atoms with Gasteiger partial charge in [-0.1, -0.05) is 13.8 Å². The van der Waals surface area contributed by atoms with Crippen molar-refractivity contribution < 1.29 is 9.53 Å². The van der Waals surface area contributed by atoms with Gasteiger partial charge in [-0.05, 0) is 13.1 Å². The molecule has 0 aromatic carbocycles. The van der Waals surface area contributed by atoms with Crippen molar-refractivity contribution in [3.8, 4) is 0 Å². The van der Waals surface area contributed by atoms with Gasteiger partial charge < -0.3 is 15.0 Å². The number of likely N-dealkylation sites (N-methyl/N-ethyl adjacent to an activating group) is 1. The Balaban J connectivity index is 3.16. The van der Waals surface area contributed by atoms with Crippen molar-refractivity contribution in [1.82, 2.24) is 10.2 Å². The molecule has 0 aliphatic rings. The van der Waals surface area contributed by atoms with Crippen LogP contribution < -0.4 is 5.32 Å². The van der Waals surface area contributed by atoms with E-state index in [1.807, 2.05) is 0 Å². The maximum Gasteiger partial charge on any atom is 0.216 e. The lowest BCUT2D eigenvalue weighted by atomic mass is 10.5. The van der Waals surface area contributed by atoms with E-state index < -0.39 is 0 Å². The van der Waals surface area contributed by atoms with Gasteiger partial charge in [0.25, 0.3) is 0 Å². The number of rotatable bonds is 8. The molecule has 1 amide bonds. The van der Waals surface area contributed by atoms with Crippen molar-refractivity contribution in [2.75, 3.05) is 39.4 Å². The van der Waals surface area contributed by atoms with Gasteiger partial charge in [-0.15, -0.1) is 0 Å². The van der Waals surface area contributed by atoms with Crippen LogP contribution in [-0.2, 0) is 9.53 Å². The van der Waals surface area contributed by atoms with Crippen LogP contribution in [0.4, 0.5) is 0 Å². The third-order valence-electron chi connectivity index (χ3n) is 2.07. The van der Waals surface area contributed by atoms with Crippen molar-refractivity contribution in [2.24, 2.45) is 0 Å². The van der Waals surface area contributed by atoms with E-state index in [0.29, 0.717) is 13.2 Å². The number of nitrogens with zero attached hydrogens (tertiary/aromatic N) is 1. The van der Waals surface area contributed by atoms with E-state index in [2.05, 4.69) is 24.1 Å². The number of carbonyl (C=O) groups excluding carboxylic acids is 1. The molecule has 4 heteroatoms. The van der Waals surface area contributed by atoms with Crippen LogP contribution in [0.2, 0.25) is 0 Å². The average molecular weight is 202 g/mol. The summed E-state index contributed by atoms with van der Waals surface area (Å²) in [4.78, 5) is 12.8. The number of hydrogen-bond donors (Lipinski definition) is 1. The van der Waals surface area contributed by atoms with Gasteiger partial charge in [0.2, 0.25) is 5.91 Å². The first kappa shape index (κ1) is 13.4. The van der Waals surface area contributed by atoms with Crippen LogP contribution in [-0.4, -0.2) is 50.2 Å². The molecule has 0 fully saturated rings. The average Bonchev–Trinajstić information content (AvgIpc) is 2.16. The molecule has 0 aliphatic carbocycles. The normalized spacial score (nSPS) is 10.6. The summed E-state index contributed by atoms with van der Waals surface area (Å²) in [6.07, 6.45) is 0. The molecular formula is C10H22N2O2. The standard InChI is InChI=1S/C10H22N2O2/c1-4-12(5-2)7-9-14-8-6-11-10(3)13/h4-9H2,1-3H3,(H,11,13). The molecule has 1 N–H and O–H groups in total. The minimum atomic E-state index is -0.00246. The van der Waals surface area contributed by atoms with Gasteiger partial charge in [0.1, 0.15) is 0 Å². The predicted molar refractivity (Wildman–Crippen MR) is 57.3 cm³/mol. The summed E-state index contributed by atoms with van der Waals surface area (Å²) in [5, 5.41) is 2.68. The summed E-state index contributed by atoms with van der Waals surface area (Å²) in [5.74, 6) is -0.00246. The van der Waals surface area contributed by atoms with Crippen molar-refractivity contribution in [2.45, 2.75) is 20.8 Å². The molecule has 4 nitrogen and oxygen atoms in total. The molecule has 0 spiro atoms. The second-order valence-electron chi connectivity index (χ2n) is 3.12. The molecule has 0 bridgehead atoms. The Bertz CT molecular complexity index is 147. The fourth-order valence-electron chi connectivity index (χ4n) is 1.13. The Labute approximate surface area is 86.6 Å². The van der Waals surface area contributed by atoms with Gasteiger partial charge in [0, 0.05) is 20.0 Å². The monoisotopic (exact) mass is 202 g/mol. The van der Waals surface area contributed by atoms with Gasteiger partial charge in [0.05, 0.1) is 13.2 Å². The third kappa shape index (κ3) is 8.01. The highest BCUT2D eigenvalue weighted by atomic mass is 16.5. The lowest BCUT2D eigenvalue weighted by Crippen LogP contribution is -2.29. The van der Waals surface area contributed by atoms with E-state index in [1.54, 1.807) is 0 Å². The second-order valence-corrected chi connectivity index (χ2v) is 3.12. The highest BCUT2D eigenvalue weighted by Crippen LogP contribution is 1.86. The predicted octanol–water partition coefficient (Wildman–Crippen LogP) is 0.481. The molecule has 0 saturated heterocycles. The molecule has 0 aromatic rings. The van der Waals surface area contributed by atoms with E-state index in [1.165, 1.54) is 6.92 Å². The van der Waals surface area contributed by atoms with Crippen LogP contribution in [0.25, 0.3) is 0 Å². The van der Waals surface area contributed by atoms with E-state index in [0.717, 1.165) is 26.2 Å². The van der Waals surface area contributed by atoms with Crippen LogP contribution in [0.3, 0.4) is 0 Å². The minimum absolute atomic E-state index is 0.00246. The molecule has 0 saturated carbocycles. The molecule has 0 heterocycles. The van der Waals surface area contributed by atoms with Crippen molar-refractivity contribution >= 4 is 5.91 Å². The largest absolute Gasteiger partial charge is 0.378 e. The molecule has 0 aromatic heterocycles. The van der Waals surface area contributed by atoms with Crippen LogP contribution >= 0.6 is 0 Å². The quantitative estimate of drug-likeness (QED) is 0.582. The molecule has 0 radical (unpaired) electrons. The summed E-state index contributed by atoms with van der Waals surface area (Å²) < 4.78 is 5.36. The Kier molecular flexibility index (Phi) is 8.57. The van der Waals surface area contributed by atoms with Crippen LogP contribution in [0.1, 0.15) is 20.8 Å². The zero-order chi connectivity index (χ0) is 10.8. The second kappa shape index (κ2) is 8.97. The summed E-state index contributed by atoms with van der Waals surface area (Å²) in [6.45, 7) is 10.8. The lowest BCUT2D eigenvalue weighted by molar-refractivity contribution is -0.119. The zero-order valence-electron chi connectivity index (χ0n) is 9.51. The van der Waals surface area contributed by atoms with Crippen molar-refractivity contribution in [1.29, 1.82) is 0 Å². The van der Waals surface area contributed by atoms with Gasteiger partial charge in [0.15, 0.2) is 0 Å². The van der Waals surface area contributed by atoms with Crippen LogP contribution in [0.15, 0.2) is 0 Å². The lowest BCUT2D eigenvalue weighted by Gasteiger charge is -2.17. The van der Waals surface area contributed by atoms with E-state index in [4.69, 9.17) is 4.74 Å². The first-order valence-electron chi connectivity index (χ1n) is 5.25. The molecule has 84 valence electrons. The Morgan fingerprint density at radius 3 is 2.43 bits per heavy atom. The summed E-state index contributed by atoms with van der Waals surface area (Å²) in [5.41, 5.74) is 0. The fraction of sp³-hybridized carbons (Fsp3) is 0.900. The Morgan fingerprint density at radius 2 is 1.93 bits per heavy atom. The van der Waals surface area contributed by atoms with E-state index in [9.17, 15) is 4.79 Å². The fourth-order valence-corrected chi connectivity index (χ4v) is 1.13. The zero-order valence-corrected chi connectivity index (χ0v) is 9.51. The molecule has 0 aliphatic heterocycles. The number of ether oxygens (including phenoxy) is 1. The first-order valence-corrected chi connectivity index (χ1v) is 5.25. The summed E-state index contributed by atoms with van der Waals surface area (Å²) in [6, 6.07) is 0. The Hall–Kier alpha value is -0.610. The maximum atomic E-state index is 10.5. The molecule has 0 rings (SSSR count). The van der Waals surface area contributed by atoms with Gasteiger partial charge in [-0.3, -0.25) is 4.79 Å². The summed E-state index contributed by atoms with van der Waals surface area (Å²) in [7, 11) is 0. The van der Waals surface area contributed by atoms with Crippen LogP contribution in [0.5, 0.6) is 0 Å². The molecular weight excluding hydrogens is 180 g/mol. The van der Waals surface area contributed by atoms with E-state index >= 15 is 0 Å². The van der Waals surface area contributed by atoms with Crippen molar-refractivity contribution in [3.05, 3.63) is 0 Å². The molecule has 0 unspecified atom stereocenters. The van der Waals surface area contributed by atoms with Gasteiger partial charge in [-0.25, -0.2) is 0 Å². The minimum Gasteiger partial charge on any atom is -0.378 e. The maximum absolute atomic E-state index is 10.5. The van der Waals surface area contributed by atoms with E-state index in [-0.39, 0.29) is 5.91 Å².